The van der Waals surface area contributed by atoms with Gasteiger partial charge < -0.3 is 8.85 Å². The van der Waals surface area contributed by atoms with E-state index < -0.39 is 8.56 Å². The van der Waals surface area contributed by atoms with Gasteiger partial charge >= 0.3 is 8.56 Å². The van der Waals surface area contributed by atoms with Crippen LogP contribution in [-0.4, -0.2) is 21.8 Å². The van der Waals surface area contributed by atoms with E-state index in [0.717, 1.165) is 26.1 Å². The number of hydrogen-bond acceptors (Lipinski definition) is 2. The zero-order chi connectivity index (χ0) is 27.5. The first-order chi connectivity index (χ1) is 18.4. The molecular weight excluding hydrogens is 480 g/mol. The van der Waals surface area contributed by atoms with Gasteiger partial charge in [0.15, 0.2) is 0 Å². The molecule has 1 unspecified atom stereocenters. The van der Waals surface area contributed by atoms with Gasteiger partial charge in [-0.3, -0.25) is 0 Å². The second-order valence-electron chi connectivity index (χ2n) is 12.6. The van der Waals surface area contributed by atoms with Crippen LogP contribution >= 0.6 is 0 Å². The van der Waals surface area contributed by atoms with Crippen LogP contribution in [0.3, 0.4) is 0 Å². The fourth-order valence-electron chi connectivity index (χ4n) is 5.56. The van der Waals surface area contributed by atoms with Crippen molar-refractivity contribution < 1.29 is 8.85 Å². The lowest BCUT2D eigenvalue weighted by Gasteiger charge is -2.33. The summed E-state index contributed by atoms with van der Waals surface area (Å²) >= 11 is 0. The molecule has 0 aliphatic heterocycles. The second-order valence-corrected chi connectivity index (χ2v) is 15.6. The zero-order valence-corrected chi connectivity index (χ0v) is 26.5. The van der Waals surface area contributed by atoms with Crippen molar-refractivity contribution in [3.05, 3.63) is 60.7 Å². The molecule has 0 bridgehead atoms. The van der Waals surface area contributed by atoms with E-state index >= 15 is 0 Å². The average Bonchev–Trinajstić information content (AvgIpc) is 2.91. The molecule has 0 fully saturated rings. The van der Waals surface area contributed by atoms with Gasteiger partial charge in [0.1, 0.15) is 0 Å². The molecule has 2 rings (SSSR count). The average molecular weight is 539 g/mol. The highest BCUT2D eigenvalue weighted by atomic mass is 28.4. The molecule has 0 aromatic heterocycles. The van der Waals surface area contributed by atoms with Crippen molar-refractivity contribution in [3.63, 3.8) is 0 Å². The molecule has 1 atom stereocenters. The lowest BCUT2D eigenvalue weighted by molar-refractivity contribution is 0.148. The number of rotatable bonds is 21. The first-order valence-corrected chi connectivity index (χ1v) is 17.6. The van der Waals surface area contributed by atoms with Crippen LogP contribution in [0.1, 0.15) is 125 Å². The maximum absolute atomic E-state index is 6.94. The first kappa shape index (κ1) is 32.8. The Balaban J connectivity index is 1.87. The Hall–Kier alpha value is -1.42. The van der Waals surface area contributed by atoms with Gasteiger partial charge in [0.2, 0.25) is 0 Å². The third-order valence-corrected chi connectivity index (χ3v) is 10.8. The van der Waals surface area contributed by atoms with E-state index in [1.807, 2.05) is 0 Å². The van der Waals surface area contributed by atoms with Gasteiger partial charge in [0.25, 0.3) is 0 Å². The Kier molecular flexibility index (Phi) is 16.2. The molecule has 0 saturated carbocycles. The van der Waals surface area contributed by atoms with Crippen LogP contribution < -0.4 is 10.4 Å². The van der Waals surface area contributed by atoms with Gasteiger partial charge in [0.05, 0.1) is 0 Å². The summed E-state index contributed by atoms with van der Waals surface area (Å²) in [6.45, 7) is 13.0. The van der Waals surface area contributed by atoms with Crippen LogP contribution in [0, 0.1) is 11.3 Å². The number of hydrogen-bond donors (Lipinski definition) is 0. The van der Waals surface area contributed by atoms with Crippen LogP contribution in [0.5, 0.6) is 0 Å². The van der Waals surface area contributed by atoms with E-state index in [9.17, 15) is 0 Å². The summed E-state index contributed by atoms with van der Waals surface area (Å²) in [5, 5.41) is 2.42. The number of unbranched alkanes of at least 4 members (excludes halogenated alkanes) is 12. The Bertz CT molecular complexity index is 775. The van der Waals surface area contributed by atoms with Crippen LogP contribution in [0.2, 0.25) is 0 Å². The summed E-state index contributed by atoms with van der Waals surface area (Å²) in [6.07, 6.45) is 18.8. The van der Waals surface area contributed by atoms with Crippen LogP contribution in [0.15, 0.2) is 60.7 Å². The van der Waals surface area contributed by atoms with Crippen LogP contribution in [-0.2, 0) is 8.85 Å². The Morgan fingerprint density at radius 3 is 1.45 bits per heavy atom. The Morgan fingerprint density at radius 1 is 0.605 bits per heavy atom. The van der Waals surface area contributed by atoms with Crippen molar-refractivity contribution in [2.45, 2.75) is 125 Å². The normalized spacial score (nSPS) is 13.1. The molecule has 2 nitrogen and oxygen atoms in total. The van der Waals surface area contributed by atoms with Crippen LogP contribution in [0.4, 0.5) is 0 Å². The third-order valence-electron chi connectivity index (χ3n) is 7.39. The van der Waals surface area contributed by atoms with E-state index in [4.69, 9.17) is 8.85 Å². The Morgan fingerprint density at radius 2 is 1.03 bits per heavy atom. The molecule has 0 N–H and O–H groups in total. The monoisotopic (exact) mass is 538 g/mol. The lowest BCUT2D eigenvalue weighted by Crippen LogP contribution is -2.64. The van der Waals surface area contributed by atoms with Crippen LogP contribution in [0.25, 0.3) is 0 Å². The molecule has 2 aromatic rings. The molecule has 2 aromatic carbocycles. The largest absolute Gasteiger partial charge is 0.407 e. The quantitative estimate of drug-likeness (QED) is 0.116. The maximum Gasteiger partial charge on any atom is 0.407 e. The smallest absolute Gasteiger partial charge is 0.388 e. The second kappa shape index (κ2) is 18.8. The van der Waals surface area contributed by atoms with Crippen molar-refractivity contribution in [3.8, 4) is 0 Å². The van der Waals surface area contributed by atoms with E-state index in [1.54, 1.807) is 0 Å². The maximum atomic E-state index is 6.94. The fourth-order valence-corrected chi connectivity index (χ4v) is 8.85. The summed E-state index contributed by atoms with van der Waals surface area (Å²) in [6, 6.07) is 21.5. The molecule has 214 valence electrons. The molecule has 0 spiro atoms. The first-order valence-electron chi connectivity index (χ1n) is 15.8. The van der Waals surface area contributed by atoms with Gasteiger partial charge in [0, 0.05) is 13.2 Å². The van der Waals surface area contributed by atoms with Gasteiger partial charge in [-0.25, -0.2) is 0 Å². The highest BCUT2D eigenvalue weighted by molar-refractivity contribution is 6.92. The van der Waals surface area contributed by atoms with E-state index in [2.05, 4.69) is 95.3 Å². The van der Waals surface area contributed by atoms with E-state index in [1.165, 1.54) is 87.4 Å². The molecule has 38 heavy (non-hydrogen) atoms. The standard InChI is InChI=1S/C35H58O2Si/c1-6-7-8-9-10-11-12-13-14-15-16-17-24-29-36-38(33-25-20-18-21-26-33,34-27-22-19-23-28-34)37-31-32(2)30-35(3,4)5/h18-23,25-28,32H,6-17,24,29-31H2,1-5H3. The van der Waals surface area contributed by atoms with Gasteiger partial charge in [-0.05, 0) is 34.5 Å². The summed E-state index contributed by atoms with van der Waals surface area (Å²) in [4.78, 5) is 0. The minimum absolute atomic E-state index is 0.294. The van der Waals surface area contributed by atoms with Gasteiger partial charge in [-0.1, -0.05) is 172 Å². The number of benzene rings is 2. The zero-order valence-electron chi connectivity index (χ0n) is 25.5. The summed E-state index contributed by atoms with van der Waals surface area (Å²) in [5.41, 5.74) is 0.294. The Labute approximate surface area is 237 Å². The summed E-state index contributed by atoms with van der Waals surface area (Å²) < 4.78 is 13.8. The van der Waals surface area contributed by atoms with Gasteiger partial charge in [-0.15, -0.1) is 0 Å². The van der Waals surface area contributed by atoms with Crippen molar-refractivity contribution in [1.29, 1.82) is 0 Å². The molecule has 0 heterocycles. The van der Waals surface area contributed by atoms with Crippen molar-refractivity contribution >= 4 is 18.9 Å². The minimum Gasteiger partial charge on any atom is -0.388 e. The minimum atomic E-state index is -2.79. The molecule has 0 saturated heterocycles. The molecule has 0 radical (unpaired) electrons. The fraction of sp³-hybridized carbons (Fsp3) is 0.657. The van der Waals surface area contributed by atoms with E-state index in [0.29, 0.717) is 11.3 Å². The van der Waals surface area contributed by atoms with Crippen molar-refractivity contribution in [1.82, 2.24) is 0 Å². The third kappa shape index (κ3) is 13.1. The molecule has 0 aliphatic rings. The highest BCUT2D eigenvalue weighted by Gasteiger charge is 2.43. The van der Waals surface area contributed by atoms with Crippen molar-refractivity contribution in [2.24, 2.45) is 11.3 Å². The molecule has 3 heteroatoms. The molecule has 0 amide bonds. The topological polar surface area (TPSA) is 18.5 Å². The summed E-state index contributed by atoms with van der Waals surface area (Å²) in [7, 11) is -2.79. The predicted molar refractivity (Wildman–Crippen MR) is 169 cm³/mol. The summed E-state index contributed by atoms with van der Waals surface area (Å²) in [5.74, 6) is 0.481. The van der Waals surface area contributed by atoms with Gasteiger partial charge in [-0.2, -0.15) is 0 Å². The predicted octanol–water partition coefficient (Wildman–Crippen LogP) is 9.44. The van der Waals surface area contributed by atoms with Crippen molar-refractivity contribution in [2.75, 3.05) is 13.2 Å². The lowest BCUT2D eigenvalue weighted by atomic mass is 9.86. The molecular formula is C35H58O2Si. The van der Waals surface area contributed by atoms with E-state index in [-0.39, 0.29) is 0 Å². The SMILES string of the molecule is CCCCCCCCCCCCCCCO[Si](OCC(C)CC(C)(C)C)(c1ccccc1)c1ccccc1. The molecule has 0 aliphatic carbocycles. The highest BCUT2D eigenvalue weighted by Crippen LogP contribution is 2.25.